The van der Waals surface area contributed by atoms with Gasteiger partial charge in [-0.2, -0.15) is 0 Å². The normalized spacial score (nSPS) is 11.3. The number of nitrogens with zero attached hydrogens (tertiary/aromatic N) is 2. The second-order valence-corrected chi connectivity index (χ2v) is 6.08. The largest absolute Gasteiger partial charge is 0.354 e. The van der Waals surface area contributed by atoms with E-state index in [4.69, 9.17) is 0 Å². The molecule has 2 aromatic rings. The van der Waals surface area contributed by atoms with Gasteiger partial charge >= 0.3 is 0 Å². The van der Waals surface area contributed by atoms with Crippen LogP contribution in [-0.4, -0.2) is 17.4 Å². The molecule has 3 nitrogen and oxygen atoms in total. The third kappa shape index (κ3) is 3.70. The minimum atomic E-state index is 0.525. The molecule has 4 heteroatoms. The summed E-state index contributed by atoms with van der Waals surface area (Å²) in [5.41, 5.74) is 6.48. The topological polar surface area (TPSA) is 29.9 Å². The maximum Gasteiger partial charge on any atom is 0.164 e. The molecule has 0 radical (unpaired) electrons. The Labute approximate surface area is 134 Å². The molecule has 0 aliphatic carbocycles. The second-order valence-electron chi connectivity index (χ2n) is 6.08. The highest BCUT2D eigenvalue weighted by Gasteiger charge is 2.12. The summed E-state index contributed by atoms with van der Waals surface area (Å²) in [6.45, 7) is 10.7. The predicted molar refractivity (Wildman–Crippen MR) is 99.1 cm³/mol. The van der Waals surface area contributed by atoms with E-state index >= 15 is 0 Å². The molecule has 2 rings (SSSR count). The van der Waals surface area contributed by atoms with Gasteiger partial charge in [-0.3, -0.25) is 4.98 Å². The van der Waals surface area contributed by atoms with Crippen molar-refractivity contribution in [3.05, 3.63) is 54.0 Å². The van der Waals surface area contributed by atoms with Crippen LogP contribution in [0.5, 0.6) is 0 Å². The Hall–Kier alpha value is -2.23. The van der Waals surface area contributed by atoms with Crippen LogP contribution >= 0.6 is 0 Å². The zero-order valence-corrected chi connectivity index (χ0v) is 14.1. The molecule has 0 aliphatic rings. The standard InChI is InChI=1S/C18H24BN3/c1-12(2)6-7-16-13(3)11-22(5)18(16)14(4)21-15-8-9-20-17(19)10-15/h6-12H,4,19H2,1-3,5H3,(H,20,21)/b7-6-. The summed E-state index contributed by atoms with van der Waals surface area (Å²) in [6.07, 6.45) is 8.36. The molecule has 22 heavy (non-hydrogen) atoms. The molecule has 0 aliphatic heterocycles. The van der Waals surface area contributed by atoms with Crippen LogP contribution in [0.4, 0.5) is 5.69 Å². The maximum absolute atomic E-state index is 4.23. The van der Waals surface area contributed by atoms with Crippen LogP contribution in [-0.2, 0) is 7.05 Å². The average Bonchev–Trinajstić information content (AvgIpc) is 2.70. The molecule has 2 heterocycles. The highest BCUT2D eigenvalue weighted by Crippen LogP contribution is 2.25. The van der Waals surface area contributed by atoms with Crippen molar-refractivity contribution in [3.8, 4) is 0 Å². The molecule has 0 atom stereocenters. The Bertz CT molecular complexity index is 711. The quantitative estimate of drug-likeness (QED) is 0.859. The van der Waals surface area contributed by atoms with Crippen LogP contribution in [0.3, 0.4) is 0 Å². The number of aryl methyl sites for hydroxylation is 2. The SMILES string of the molecule is Bc1cc(NC(=C)c2c(/C=C\C(C)C)c(C)cn2C)ccn1. The fraction of sp³-hybridized carbons (Fsp3) is 0.278. The van der Waals surface area contributed by atoms with Gasteiger partial charge in [0.1, 0.15) is 0 Å². The zero-order valence-electron chi connectivity index (χ0n) is 14.1. The van der Waals surface area contributed by atoms with E-state index < -0.39 is 0 Å². The van der Waals surface area contributed by atoms with Crippen molar-refractivity contribution in [2.75, 3.05) is 5.32 Å². The van der Waals surface area contributed by atoms with Crippen molar-refractivity contribution < 1.29 is 0 Å². The lowest BCUT2D eigenvalue weighted by molar-refractivity contribution is 0.836. The van der Waals surface area contributed by atoms with Gasteiger partial charge in [0, 0.05) is 30.7 Å². The summed E-state index contributed by atoms with van der Waals surface area (Å²) in [5, 5.41) is 3.39. The van der Waals surface area contributed by atoms with Gasteiger partial charge in [0.25, 0.3) is 0 Å². The van der Waals surface area contributed by atoms with E-state index in [2.05, 4.69) is 67.6 Å². The van der Waals surface area contributed by atoms with E-state index in [-0.39, 0.29) is 0 Å². The molecule has 1 N–H and O–H groups in total. The molecule has 0 saturated carbocycles. The predicted octanol–water partition coefficient (Wildman–Crippen LogP) is 2.74. The van der Waals surface area contributed by atoms with Crippen molar-refractivity contribution in [3.63, 3.8) is 0 Å². The number of hydrogen-bond acceptors (Lipinski definition) is 2. The first-order chi connectivity index (χ1) is 10.4. The number of anilines is 1. The summed E-state index contributed by atoms with van der Waals surface area (Å²) >= 11 is 0. The molecule has 2 aromatic heterocycles. The van der Waals surface area contributed by atoms with Crippen LogP contribution in [0.15, 0.2) is 37.2 Å². The first-order valence-corrected chi connectivity index (χ1v) is 7.61. The third-order valence-corrected chi connectivity index (χ3v) is 3.55. The Morgan fingerprint density at radius 2 is 2.18 bits per heavy atom. The summed E-state index contributed by atoms with van der Waals surface area (Å²) in [6, 6.07) is 3.97. The van der Waals surface area contributed by atoms with Gasteiger partial charge in [-0.05, 0) is 36.1 Å². The van der Waals surface area contributed by atoms with E-state index in [1.54, 1.807) is 6.20 Å². The van der Waals surface area contributed by atoms with E-state index in [0.717, 1.165) is 22.7 Å². The number of rotatable bonds is 5. The average molecular weight is 293 g/mol. The fourth-order valence-corrected chi connectivity index (χ4v) is 2.53. The lowest BCUT2D eigenvalue weighted by atomic mass is 10.0. The molecule has 0 bridgehead atoms. The van der Waals surface area contributed by atoms with Gasteiger partial charge in [0.05, 0.1) is 11.4 Å². The first kappa shape index (κ1) is 16.2. The van der Waals surface area contributed by atoms with E-state index in [9.17, 15) is 0 Å². The molecule has 0 amide bonds. The number of allylic oxidation sites excluding steroid dienone is 1. The van der Waals surface area contributed by atoms with Crippen LogP contribution in [0.1, 0.15) is 30.7 Å². The molecule has 114 valence electrons. The minimum absolute atomic E-state index is 0.525. The van der Waals surface area contributed by atoms with Gasteiger partial charge < -0.3 is 9.88 Å². The van der Waals surface area contributed by atoms with Gasteiger partial charge in [-0.15, -0.1) is 0 Å². The molecular formula is C18H24BN3. The van der Waals surface area contributed by atoms with Gasteiger partial charge in [0.15, 0.2) is 7.85 Å². The number of hydrogen-bond donors (Lipinski definition) is 1. The summed E-state index contributed by atoms with van der Waals surface area (Å²) in [5.74, 6) is 0.525. The van der Waals surface area contributed by atoms with Gasteiger partial charge in [-0.1, -0.05) is 32.6 Å². The molecule has 0 unspecified atom stereocenters. The molecule has 0 spiro atoms. The van der Waals surface area contributed by atoms with Gasteiger partial charge in [-0.25, -0.2) is 0 Å². The van der Waals surface area contributed by atoms with Crippen LogP contribution in [0, 0.1) is 12.8 Å². The van der Waals surface area contributed by atoms with Crippen molar-refractivity contribution in [2.45, 2.75) is 20.8 Å². The minimum Gasteiger partial charge on any atom is -0.354 e. The summed E-state index contributed by atoms with van der Waals surface area (Å²) < 4.78 is 2.12. The van der Waals surface area contributed by atoms with Crippen LogP contribution in [0.25, 0.3) is 11.8 Å². The zero-order chi connectivity index (χ0) is 16.3. The summed E-state index contributed by atoms with van der Waals surface area (Å²) in [7, 11) is 4.04. The number of aromatic nitrogens is 2. The Morgan fingerprint density at radius 3 is 2.82 bits per heavy atom. The van der Waals surface area contributed by atoms with Gasteiger partial charge in [0.2, 0.25) is 0 Å². The summed E-state index contributed by atoms with van der Waals surface area (Å²) in [4.78, 5) is 4.22. The highest BCUT2D eigenvalue weighted by atomic mass is 15.0. The molecule has 0 aromatic carbocycles. The smallest absolute Gasteiger partial charge is 0.164 e. The number of nitrogens with one attached hydrogen (secondary N) is 1. The van der Waals surface area contributed by atoms with Crippen molar-refractivity contribution in [1.82, 2.24) is 9.55 Å². The molecular weight excluding hydrogens is 269 g/mol. The number of pyridine rings is 1. The van der Waals surface area contributed by atoms with Crippen LogP contribution < -0.4 is 10.9 Å². The lowest BCUT2D eigenvalue weighted by Crippen LogP contribution is -2.10. The Kier molecular flexibility index (Phi) is 4.91. The highest BCUT2D eigenvalue weighted by molar-refractivity contribution is 6.30. The Morgan fingerprint density at radius 1 is 1.45 bits per heavy atom. The monoisotopic (exact) mass is 293 g/mol. The van der Waals surface area contributed by atoms with Crippen molar-refractivity contribution in [1.29, 1.82) is 0 Å². The Balaban J connectivity index is 2.33. The van der Waals surface area contributed by atoms with E-state index in [1.165, 1.54) is 11.1 Å². The van der Waals surface area contributed by atoms with Crippen molar-refractivity contribution in [2.24, 2.45) is 13.0 Å². The molecule has 0 fully saturated rings. The van der Waals surface area contributed by atoms with E-state index in [1.807, 2.05) is 20.0 Å². The fourth-order valence-electron chi connectivity index (χ4n) is 2.53. The third-order valence-electron chi connectivity index (χ3n) is 3.55. The second kappa shape index (κ2) is 6.69. The maximum atomic E-state index is 4.23. The van der Waals surface area contributed by atoms with Crippen LogP contribution in [0.2, 0.25) is 0 Å². The molecule has 0 saturated heterocycles. The van der Waals surface area contributed by atoms with E-state index in [0.29, 0.717) is 5.92 Å². The lowest BCUT2D eigenvalue weighted by Gasteiger charge is -2.13. The first-order valence-electron chi connectivity index (χ1n) is 7.61. The van der Waals surface area contributed by atoms with Crippen molar-refractivity contribution >= 4 is 30.9 Å².